The van der Waals surface area contributed by atoms with Crippen LogP contribution in [0, 0.1) is 13.8 Å². The summed E-state index contributed by atoms with van der Waals surface area (Å²) >= 11 is 1.54. The summed E-state index contributed by atoms with van der Waals surface area (Å²) in [4.78, 5) is 29.7. The quantitative estimate of drug-likeness (QED) is 0.551. The first-order valence-corrected chi connectivity index (χ1v) is 8.69. The van der Waals surface area contributed by atoms with E-state index in [1.807, 2.05) is 32.0 Å². The van der Waals surface area contributed by atoms with Gasteiger partial charge in [-0.05, 0) is 31.9 Å². The summed E-state index contributed by atoms with van der Waals surface area (Å²) < 4.78 is 5.22. The lowest BCUT2D eigenvalue weighted by Crippen LogP contribution is -2.14. The highest BCUT2D eigenvalue weighted by molar-refractivity contribution is 7.12. The number of hydrogen-bond acceptors (Lipinski definition) is 4. The Morgan fingerprint density at radius 3 is 2.67 bits per heavy atom. The monoisotopic (exact) mass is 341 g/mol. The van der Waals surface area contributed by atoms with Crippen LogP contribution in [0.1, 0.15) is 43.0 Å². The molecule has 0 saturated carbocycles. The Hall–Kier alpha value is -2.40. The zero-order valence-electron chi connectivity index (χ0n) is 13.9. The maximum absolute atomic E-state index is 12.5. The molecule has 0 fully saturated rings. The van der Waals surface area contributed by atoms with Crippen LogP contribution in [0.25, 0.3) is 10.9 Å². The molecule has 0 unspecified atom stereocenters. The fraction of sp³-hybridized carbons (Fsp3) is 0.263. The Morgan fingerprint density at radius 2 is 2.00 bits per heavy atom. The number of ether oxygens (including phenoxy) is 1. The molecule has 124 valence electrons. The van der Waals surface area contributed by atoms with Crippen LogP contribution in [-0.2, 0) is 11.2 Å². The van der Waals surface area contributed by atoms with Crippen molar-refractivity contribution in [3.8, 4) is 0 Å². The Labute approximate surface area is 144 Å². The first-order chi connectivity index (χ1) is 11.5. The largest absolute Gasteiger partial charge is 0.454 e. The number of aromatic amines is 1. The molecule has 0 amide bonds. The van der Waals surface area contributed by atoms with Crippen LogP contribution < -0.4 is 0 Å². The van der Waals surface area contributed by atoms with E-state index >= 15 is 0 Å². The van der Waals surface area contributed by atoms with Gasteiger partial charge in [0.25, 0.3) is 0 Å². The maximum Gasteiger partial charge on any atom is 0.339 e. The summed E-state index contributed by atoms with van der Waals surface area (Å²) in [5.74, 6) is -0.647. The molecular weight excluding hydrogens is 322 g/mol. The van der Waals surface area contributed by atoms with Gasteiger partial charge in [0.05, 0.1) is 5.56 Å². The molecule has 0 aliphatic heterocycles. The number of hydrogen-bond donors (Lipinski definition) is 1. The number of rotatable bonds is 5. The van der Waals surface area contributed by atoms with Crippen LogP contribution in [0.2, 0.25) is 0 Å². The van der Waals surface area contributed by atoms with Crippen molar-refractivity contribution in [1.82, 2.24) is 4.98 Å². The summed E-state index contributed by atoms with van der Waals surface area (Å²) in [6.45, 7) is 5.64. The second-order valence-corrected chi connectivity index (χ2v) is 7.18. The van der Waals surface area contributed by atoms with Crippen molar-refractivity contribution in [2.75, 3.05) is 6.61 Å². The van der Waals surface area contributed by atoms with E-state index in [-0.39, 0.29) is 12.4 Å². The molecule has 3 rings (SSSR count). The van der Waals surface area contributed by atoms with Gasteiger partial charge in [-0.15, -0.1) is 11.3 Å². The number of carbonyl (C=O) groups is 2. The number of benzene rings is 1. The first-order valence-electron chi connectivity index (χ1n) is 7.87. The molecule has 5 heteroatoms. The van der Waals surface area contributed by atoms with Gasteiger partial charge in [-0.25, -0.2) is 4.79 Å². The van der Waals surface area contributed by atoms with Gasteiger partial charge in [0.2, 0.25) is 5.78 Å². The molecule has 2 heterocycles. The minimum absolute atomic E-state index is 0.201. The van der Waals surface area contributed by atoms with E-state index in [9.17, 15) is 9.59 Å². The number of Topliss-reactive ketones (excluding diaryl/α,β-unsaturated/α-hetero) is 1. The number of ketones is 1. The summed E-state index contributed by atoms with van der Waals surface area (Å²) in [6.07, 6.45) is 2.58. The van der Waals surface area contributed by atoms with E-state index in [0.717, 1.165) is 32.6 Å². The fourth-order valence-corrected chi connectivity index (χ4v) is 3.77. The number of esters is 1. The first kappa shape index (κ1) is 16.5. The van der Waals surface area contributed by atoms with Crippen LogP contribution >= 0.6 is 11.3 Å². The zero-order valence-corrected chi connectivity index (χ0v) is 14.8. The molecule has 1 N–H and O–H groups in total. The number of aromatic nitrogens is 1. The summed E-state index contributed by atoms with van der Waals surface area (Å²) in [5.41, 5.74) is 3.23. The molecule has 0 spiro atoms. The predicted molar refractivity (Wildman–Crippen MR) is 96.1 cm³/mol. The van der Waals surface area contributed by atoms with Gasteiger partial charge in [0.1, 0.15) is 0 Å². The fourth-order valence-electron chi connectivity index (χ4n) is 2.86. The van der Waals surface area contributed by atoms with E-state index in [1.165, 1.54) is 0 Å². The van der Waals surface area contributed by atoms with Crippen molar-refractivity contribution in [3.63, 3.8) is 0 Å². The summed E-state index contributed by atoms with van der Waals surface area (Å²) in [7, 11) is 0. The number of H-pyrrole nitrogens is 1. The molecular formula is C19H19NO3S. The van der Waals surface area contributed by atoms with Gasteiger partial charge >= 0.3 is 5.97 Å². The van der Waals surface area contributed by atoms with Gasteiger partial charge in [-0.2, -0.15) is 0 Å². The number of para-hydroxylation sites is 1. The van der Waals surface area contributed by atoms with Gasteiger partial charge in [-0.1, -0.05) is 25.1 Å². The number of nitrogens with one attached hydrogen (secondary N) is 1. The molecule has 2 aromatic heterocycles. The topological polar surface area (TPSA) is 59.2 Å². The predicted octanol–water partition coefficient (Wildman–Crippen LogP) is 4.45. The van der Waals surface area contributed by atoms with Crippen molar-refractivity contribution < 1.29 is 14.3 Å². The normalized spacial score (nSPS) is 11.0. The number of carbonyl (C=O) groups excluding carboxylic acids is 2. The average Bonchev–Trinajstić information content (AvgIpc) is 3.15. The zero-order chi connectivity index (χ0) is 17.3. The molecule has 0 aliphatic rings. The Bertz CT molecular complexity index is 920. The third kappa shape index (κ3) is 2.99. The number of aryl methyl sites for hydroxylation is 3. The molecule has 0 saturated heterocycles. The van der Waals surface area contributed by atoms with Crippen LogP contribution in [0.3, 0.4) is 0 Å². The lowest BCUT2D eigenvalue weighted by Gasteiger charge is -2.04. The van der Waals surface area contributed by atoms with Gasteiger partial charge in [0.15, 0.2) is 6.61 Å². The highest BCUT2D eigenvalue weighted by Gasteiger charge is 2.18. The third-order valence-electron chi connectivity index (χ3n) is 4.08. The van der Waals surface area contributed by atoms with Gasteiger partial charge in [-0.3, -0.25) is 4.79 Å². The molecule has 0 aliphatic carbocycles. The summed E-state index contributed by atoms with van der Waals surface area (Å²) in [6, 6.07) is 7.68. The van der Waals surface area contributed by atoms with Gasteiger partial charge < -0.3 is 9.72 Å². The molecule has 0 bridgehead atoms. The van der Waals surface area contributed by atoms with Crippen molar-refractivity contribution in [2.24, 2.45) is 0 Å². The smallest absolute Gasteiger partial charge is 0.339 e. The van der Waals surface area contributed by atoms with E-state index in [0.29, 0.717) is 11.1 Å². The maximum atomic E-state index is 12.5. The lowest BCUT2D eigenvalue weighted by atomic mass is 10.1. The van der Waals surface area contributed by atoms with E-state index < -0.39 is 5.97 Å². The summed E-state index contributed by atoms with van der Waals surface area (Å²) in [5, 5.41) is 0.873. The van der Waals surface area contributed by atoms with E-state index in [2.05, 4.69) is 11.9 Å². The van der Waals surface area contributed by atoms with Gasteiger partial charge in [0, 0.05) is 32.4 Å². The average molecular weight is 341 g/mol. The minimum Gasteiger partial charge on any atom is -0.454 e. The number of fused-ring (bicyclic) bond motifs is 1. The molecule has 1 aromatic carbocycles. The van der Waals surface area contributed by atoms with Crippen molar-refractivity contribution in [2.45, 2.75) is 27.2 Å². The lowest BCUT2D eigenvalue weighted by molar-refractivity contribution is 0.0475. The molecule has 0 atom stereocenters. The molecule has 3 aromatic rings. The van der Waals surface area contributed by atoms with E-state index in [4.69, 9.17) is 4.74 Å². The standard InChI is InChI=1S/C19H19NO3S/c1-4-13-6-5-7-14-16(9-20-18(13)14)17(21)10-23-19(22)15-8-11(2)24-12(15)3/h5-9,20H,4,10H2,1-3H3. The van der Waals surface area contributed by atoms with Crippen LogP contribution in [0.4, 0.5) is 0 Å². The van der Waals surface area contributed by atoms with Crippen LogP contribution in [0.5, 0.6) is 0 Å². The van der Waals surface area contributed by atoms with Crippen molar-refractivity contribution in [1.29, 1.82) is 0 Å². The highest BCUT2D eigenvalue weighted by atomic mass is 32.1. The van der Waals surface area contributed by atoms with Crippen molar-refractivity contribution >= 4 is 34.0 Å². The SMILES string of the molecule is CCc1cccc2c(C(=O)COC(=O)c3cc(C)sc3C)c[nH]c12. The molecule has 4 nitrogen and oxygen atoms in total. The van der Waals surface area contributed by atoms with Crippen molar-refractivity contribution in [3.05, 3.63) is 56.9 Å². The Kier molecular flexibility index (Phi) is 4.53. The molecule has 24 heavy (non-hydrogen) atoms. The van der Waals surface area contributed by atoms with Crippen LogP contribution in [0.15, 0.2) is 30.5 Å². The van der Waals surface area contributed by atoms with Crippen LogP contribution in [-0.4, -0.2) is 23.3 Å². The van der Waals surface area contributed by atoms with E-state index in [1.54, 1.807) is 23.6 Å². The highest BCUT2D eigenvalue weighted by Crippen LogP contribution is 2.24. The second-order valence-electron chi connectivity index (χ2n) is 5.72. The Balaban J connectivity index is 1.76. The number of thiophene rings is 1. The second kappa shape index (κ2) is 6.61. The molecule has 0 radical (unpaired) electrons. The minimum atomic E-state index is -0.445. The Morgan fingerprint density at radius 1 is 1.21 bits per heavy atom. The third-order valence-corrected chi connectivity index (χ3v) is 5.04.